The Kier molecular flexibility index (Phi) is 4.69. The maximum Gasteiger partial charge on any atom is 0.200 e. The van der Waals surface area contributed by atoms with Crippen molar-refractivity contribution in [2.45, 2.75) is 19.8 Å². The van der Waals surface area contributed by atoms with Crippen LogP contribution in [0.25, 0.3) is 0 Å². The van der Waals surface area contributed by atoms with Gasteiger partial charge in [-0.05, 0) is 18.6 Å². The van der Waals surface area contributed by atoms with Gasteiger partial charge in [0.15, 0.2) is 11.6 Å². The van der Waals surface area contributed by atoms with E-state index in [-0.39, 0.29) is 5.75 Å². The fourth-order valence-electron chi connectivity index (χ4n) is 1.18. The molecule has 1 aromatic carbocycles. The van der Waals surface area contributed by atoms with Gasteiger partial charge in [-0.1, -0.05) is 13.3 Å². The SMILES string of the molecule is CCCCOc1cc(C=NN)cc(F)c1F. The lowest BCUT2D eigenvalue weighted by Crippen LogP contribution is -2.01. The molecule has 0 aromatic heterocycles. The minimum Gasteiger partial charge on any atom is -0.490 e. The molecular formula is C11H14F2N2O. The van der Waals surface area contributed by atoms with Gasteiger partial charge >= 0.3 is 0 Å². The molecule has 0 fully saturated rings. The number of benzene rings is 1. The maximum absolute atomic E-state index is 13.3. The molecule has 1 rings (SSSR count). The van der Waals surface area contributed by atoms with E-state index in [4.69, 9.17) is 10.6 Å². The van der Waals surface area contributed by atoms with Crippen molar-refractivity contribution < 1.29 is 13.5 Å². The maximum atomic E-state index is 13.3. The second-order valence-corrected chi connectivity index (χ2v) is 3.30. The Morgan fingerprint density at radius 1 is 1.44 bits per heavy atom. The molecular weight excluding hydrogens is 214 g/mol. The van der Waals surface area contributed by atoms with Crippen LogP contribution in [0.4, 0.5) is 8.78 Å². The Labute approximate surface area is 92.9 Å². The number of rotatable bonds is 5. The first kappa shape index (κ1) is 12.4. The van der Waals surface area contributed by atoms with Gasteiger partial charge < -0.3 is 10.6 Å². The highest BCUT2D eigenvalue weighted by molar-refractivity contribution is 5.80. The first-order chi connectivity index (χ1) is 7.69. The number of unbranched alkanes of at least 4 members (excludes halogenated alkanes) is 1. The smallest absolute Gasteiger partial charge is 0.200 e. The molecule has 0 spiro atoms. The van der Waals surface area contributed by atoms with Crippen molar-refractivity contribution in [2.24, 2.45) is 10.9 Å². The number of hydrazone groups is 1. The van der Waals surface area contributed by atoms with E-state index in [9.17, 15) is 8.78 Å². The molecule has 2 N–H and O–H groups in total. The quantitative estimate of drug-likeness (QED) is 0.364. The third kappa shape index (κ3) is 3.18. The lowest BCUT2D eigenvalue weighted by atomic mass is 10.2. The zero-order valence-electron chi connectivity index (χ0n) is 9.04. The van der Waals surface area contributed by atoms with E-state index < -0.39 is 11.6 Å². The van der Waals surface area contributed by atoms with Gasteiger partial charge in [-0.2, -0.15) is 9.49 Å². The summed E-state index contributed by atoms with van der Waals surface area (Å²) >= 11 is 0. The van der Waals surface area contributed by atoms with E-state index in [1.54, 1.807) is 0 Å². The zero-order chi connectivity index (χ0) is 12.0. The van der Waals surface area contributed by atoms with Crippen LogP contribution in [0.1, 0.15) is 25.3 Å². The van der Waals surface area contributed by atoms with Gasteiger partial charge in [0, 0.05) is 5.56 Å². The number of halogens is 2. The van der Waals surface area contributed by atoms with Crippen LogP contribution in [0.15, 0.2) is 17.2 Å². The van der Waals surface area contributed by atoms with Crippen LogP contribution in [-0.2, 0) is 0 Å². The largest absolute Gasteiger partial charge is 0.490 e. The number of hydrogen-bond donors (Lipinski definition) is 1. The van der Waals surface area contributed by atoms with E-state index in [1.165, 1.54) is 12.3 Å². The van der Waals surface area contributed by atoms with Crippen LogP contribution in [0.5, 0.6) is 5.75 Å². The van der Waals surface area contributed by atoms with Gasteiger partial charge in [0.1, 0.15) is 0 Å². The molecule has 0 aliphatic heterocycles. The van der Waals surface area contributed by atoms with Crippen molar-refractivity contribution >= 4 is 6.21 Å². The number of ether oxygens (including phenoxy) is 1. The third-order valence-electron chi connectivity index (χ3n) is 2.00. The normalized spacial score (nSPS) is 10.9. The molecule has 0 amide bonds. The molecule has 16 heavy (non-hydrogen) atoms. The van der Waals surface area contributed by atoms with Gasteiger partial charge in [0.2, 0.25) is 5.82 Å². The predicted octanol–water partition coefficient (Wildman–Crippen LogP) is 2.44. The van der Waals surface area contributed by atoms with Crippen LogP contribution in [0.3, 0.4) is 0 Å². The summed E-state index contributed by atoms with van der Waals surface area (Å²) in [7, 11) is 0. The molecule has 1 aromatic rings. The summed E-state index contributed by atoms with van der Waals surface area (Å²) in [5, 5.41) is 3.24. The molecule has 0 bridgehead atoms. The molecule has 0 aliphatic carbocycles. The summed E-state index contributed by atoms with van der Waals surface area (Å²) in [4.78, 5) is 0. The molecule has 5 heteroatoms. The summed E-state index contributed by atoms with van der Waals surface area (Å²) in [6.07, 6.45) is 2.94. The van der Waals surface area contributed by atoms with Gasteiger partial charge in [-0.15, -0.1) is 0 Å². The van der Waals surface area contributed by atoms with E-state index in [0.717, 1.165) is 18.9 Å². The highest BCUT2D eigenvalue weighted by Crippen LogP contribution is 2.21. The summed E-state index contributed by atoms with van der Waals surface area (Å²) in [5.74, 6) is 2.87. The fourth-order valence-corrected chi connectivity index (χ4v) is 1.18. The highest BCUT2D eigenvalue weighted by atomic mass is 19.2. The van der Waals surface area contributed by atoms with Gasteiger partial charge in [-0.3, -0.25) is 0 Å². The van der Waals surface area contributed by atoms with Crippen molar-refractivity contribution in [3.05, 3.63) is 29.3 Å². The van der Waals surface area contributed by atoms with Gasteiger partial charge in [0.05, 0.1) is 12.8 Å². The lowest BCUT2D eigenvalue weighted by molar-refractivity contribution is 0.288. The fraction of sp³-hybridized carbons (Fsp3) is 0.364. The monoisotopic (exact) mass is 228 g/mol. The standard InChI is InChI=1S/C11H14F2N2O/c1-2-3-4-16-10-6-8(7-15-14)5-9(12)11(10)13/h5-7H,2-4,14H2,1H3. The second-order valence-electron chi connectivity index (χ2n) is 3.30. The summed E-state index contributed by atoms with van der Waals surface area (Å²) in [6.45, 7) is 2.34. The van der Waals surface area contributed by atoms with Crippen molar-refractivity contribution in [3.8, 4) is 5.75 Å². The Bertz CT molecular complexity index is 380. The topological polar surface area (TPSA) is 47.6 Å². The lowest BCUT2D eigenvalue weighted by Gasteiger charge is -2.07. The molecule has 0 aliphatic rings. The molecule has 88 valence electrons. The van der Waals surface area contributed by atoms with Crippen LogP contribution >= 0.6 is 0 Å². The van der Waals surface area contributed by atoms with Crippen LogP contribution < -0.4 is 10.6 Å². The van der Waals surface area contributed by atoms with Gasteiger partial charge in [0.25, 0.3) is 0 Å². The predicted molar refractivity (Wildman–Crippen MR) is 58.5 cm³/mol. The molecule has 0 heterocycles. The van der Waals surface area contributed by atoms with Crippen molar-refractivity contribution in [2.75, 3.05) is 6.61 Å². The van der Waals surface area contributed by atoms with E-state index >= 15 is 0 Å². The first-order valence-electron chi connectivity index (χ1n) is 5.04. The average Bonchev–Trinajstić information content (AvgIpc) is 2.25. The minimum absolute atomic E-state index is 0.108. The Hall–Kier alpha value is -1.65. The summed E-state index contributed by atoms with van der Waals surface area (Å²) in [5.41, 5.74) is 0.368. The number of hydrogen-bond acceptors (Lipinski definition) is 3. The van der Waals surface area contributed by atoms with Crippen LogP contribution in [0.2, 0.25) is 0 Å². The number of nitrogens with zero attached hydrogens (tertiary/aromatic N) is 1. The Morgan fingerprint density at radius 2 is 2.19 bits per heavy atom. The molecule has 3 nitrogen and oxygen atoms in total. The van der Waals surface area contributed by atoms with Crippen molar-refractivity contribution in [1.29, 1.82) is 0 Å². The molecule has 0 atom stereocenters. The molecule has 0 unspecified atom stereocenters. The number of nitrogens with two attached hydrogens (primary N) is 1. The minimum atomic E-state index is -0.981. The van der Waals surface area contributed by atoms with E-state index in [2.05, 4.69) is 5.10 Å². The van der Waals surface area contributed by atoms with Gasteiger partial charge in [-0.25, -0.2) is 4.39 Å². The Balaban J connectivity index is 2.88. The zero-order valence-corrected chi connectivity index (χ0v) is 9.04. The highest BCUT2D eigenvalue weighted by Gasteiger charge is 2.11. The third-order valence-corrected chi connectivity index (χ3v) is 2.00. The molecule has 0 saturated carbocycles. The Morgan fingerprint density at radius 3 is 2.81 bits per heavy atom. The first-order valence-corrected chi connectivity index (χ1v) is 5.04. The molecule has 0 radical (unpaired) electrons. The van der Waals surface area contributed by atoms with Crippen molar-refractivity contribution in [3.63, 3.8) is 0 Å². The molecule has 0 saturated heterocycles. The van der Waals surface area contributed by atoms with Crippen LogP contribution in [-0.4, -0.2) is 12.8 Å². The van der Waals surface area contributed by atoms with E-state index in [1.807, 2.05) is 6.92 Å². The van der Waals surface area contributed by atoms with Crippen molar-refractivity contribution in [1.82, 2.24) is 0 Å². The second kappa shape index (κ2) is 6.05. The van der Waals surface area contributed by atoms with E-state index in [0.29, 0.717) is 12.2 Å². The average molecular weight is 228 g/mol. The van der Waals surface area contributed by atoms with Crippen LogP contribution in [0, 0.1) is 11.6 Å². The summed E-state index contributed by atoms with van der Waals surface area (Å²) < 4.78 is 31.5. The summed E-state index contributed by atoms with van der Waals surface area (Å²) in [6, 6.07) is 2.38.